The summed E-state index contributed by atoms with van der Waals surface area (Å²) < 4.78 is 19.2. The Morgan fingerprint density at radius 2 is 1.65 bits per heavy atom. The zero-order valence-electron chi connectivity index (χ0n) is 38.0. The molecule has 6 rings (SSSR count). The number of benzene rings is 2. The second kappa shape index (κ2) is 23.7. The average Bonchev–Trinajstić information content (AvgIpc) is 3.90. The van der Waals surface area contributed by atoms with Gasteiger partial charge in [-0.2, -0.15) is 4.39 Å². The van der Waals surface area contributed by atoms with Crippen LogP contribution in [0.1, 0.15) is 106 Å². The summed E-state index contributed by atoms with van der Waals surface area (Å²) in [5.74, 6) is -4.00. The number of unbranched alkanes of at least 4 members (excludes halogenated alkanes) is 2. The number of halogens is 1. The molecule has 5 N–H and O–H groups in total. The zero-order chi connectivity index (χ0) is 48.9. The fourth-order valence-corrected chi connectivity index (χ4v) is 8.80. The largest absolute Gasteiger partial charge is 0.394 e. The van der Waals surface area contributed by atoms with Crippen LogP contribution in [0.25, 0.3) is 0 Å². The van der Waals surface area contributed by atoms with Crippen LogP contribution in [0.15, 0.2) is 76.9 Å². The Bertz CT molecular complexity index is 2530. The minimum absolute atomic E-state index is 0.0638. The lowest BCUT2D eigenvalue weighted by Crippen LogP contribution is -2.53. The molecule has 360 valence electrons. The molecule has 2 aromatic heterocycles. The molecule has 2 atom stereocenters. The number of imide groups is 1. The maximum atomic E-state index is 16.3. The van der Waals surface area contributed by atoms with Gasteiger partial charge in [0.1, 0.15) is 18.6 Å². The van der Waals surface area contributed by atoms with Crippen LogP contribution < -0.4 is 25.8 Å². The molecule has 20 nitrogen and oxygen atoms in total. The first-order chi connectivity index (χ1) is 32.6. The van der Waals surface area contributed by atoms with Crippen LogP contribution in [0.2, 0.25) is 0 Å². The van der Waals surface area contributed by atoms with Crippen LogP contribution in [0, 0.1) is 21.8 Å². The monoisotopic (exact) mass is 956 g/mol. The van der Waals surface area contributed by atoms with Crippen molar-refractivity contribution < 1.29 is 47.8 Å². The summed E-state index contributed by atoms with van der Waals surface area (Å²) in [6, 6.07) is 9.95. The van der Waals surface area contributed by atoms with Crippen LogP contribution in [0.3, 0.4) is 0 Å². The molecule has 3 heterocycles. The number of nitro benzene ring substituents is 1. The average molecular weight is 957 g/mol. The Kier molecular flexibility index (Phi) is 17.6. The van der Waals surface area contributed by atoms with Gasteiger partial charge in [0.15, 0.2) is 0 Å². The molecule has 1 fully saturated rings. The smallest absolute Gasteiger partial charge is 0.340 e. The zero-order valence-corrected chi connectivity index (χ0v) is 38.8. The number of amides is 6. The number of aliphatic hydroxyl groups excluding tert-OH is 1. The number of carbonyl (C=O) groups excluding carboxylic acids is 6. The van der Waals surface area contributed by atoms with Gasteiger partial charge in [0.2, 0.25) is 28.7 Å². The van der Waals surface area contributed by atoms with Crippen molar-refractivity contribution in [1.82, 2.24) is 35.7 Å². The molecule has 0 radical (unpaired) electrons. The molecule has 1 saturated carbocycles. The van der Waals surface area contributed by atoms with Crippen molar-refractivity contribution in [3.63, 3.8) is 0 Å². The minimum Gasteiger partial charge on any atom is -0.394 e. The summed E-state index contributed by atoms with van der Waals surface area (Å²) in [4.78, 5) is 89.4. The number of nitrogens with one attached hydrogen (secondary N) is 4. The number of aliphatic hydroxyl groups is 1. The normalized spacial score (nSPS) is 14.8. The van der Waals surface area contributed by atoms with Gasteiger partial charge in [-0.05, 0) is 102 Å². The van der Waals surface area contributed by atoms with E-state index in [1.807, 2.05) is 0 Å². The summed E-state index contributed by atoms with van der Waals surface area (Å²) >= 11 is 0.949. The first kappa shape index (κ1) is 50.5. The second-order valence-corrected chi connectivity index (χ2v) is 18.0. The molecule has 0 saturated heterocycles. The molecular formula is C46H55FN11O9S+. The number of hydrogen-bond donors (Lipinski definition) is 5. The number of carbonyl (C=O) groups is 6. The number of rotatable bonds is 22. The van der Waals surface area contributed by atoms with E-state index < -0.39 is 40.5 Å². The van der Waals surface area contributed by atoms with Crippen LogP contribution >= 0.6 is 11.8 Å². The van der Waals surface area contributed by atoms with E-state index >= 15 is 4.39 Å². The molecule has 0 bridgehead atoms. The number of pyridine rings is 1. The van der Waals surface area contributed by atoms with Gasteiger partial charge in [-0.3, -0.25) is 39.0 Å². The van der Waals surface area contributed by atoms with Gasteiger partial charge in [-0.15, -0.1) is 5.10 Å². The van der Waals surface area contributed by atoms with Gasteiger partial charge in [-0.25, -0.2) is 19.4 Å². The topological polar surface area (TPSA) is 265 Å². The third kappa shape index (κ3) is 13.4. The van der Waals surface area contributed by atoms with Crippen LogP contribution in [0.5, 0.6) is 0 Å². The van der Waals surface area contributed by atoms with Crippen molar-refractivity contribution in [2.75, 3.05) is 23.8 Å². The van der Waals surface area contributed by atoms with E-state index in [1.165, 1.54) is 42.0 Å². The number of anilines is 2. The molecule has 1 aliphatic carbocycles. The summed E-state index contributed by atoms with van der Waals surface area (Å²) in [5, 5.41) is 43.7. The summed E-state index contributed by atoms with van der Waals surface area (Å²) in [6.45, 7) is 5.21. The third-order valence-corrected chi connectivity index (χ3v) is 12.7. The molecule has 6 amide bonds. The SMILES string of the molecule is CC(C)[C@H](NC(=O)CCCCCN1C(=O)C=CC1=O)C(=O)N[C@@H](C)C(=O)Nc1ccc(C[n+]2cc(C3CCCCC3)cc(F)c2NC(=O)c2cc([N+](=O)[O-])ccc2Sc2nnnn2CCO)cc1. The standard InChI is InChI=1S/C46H54FN11O9S/c1-28(2)41(50-38(60)12-8-5-9-21-56-39(61)19-20-40(56)62)45(65)48-29(3)43(63)49-33-15-13-30(14-16-33)26-55-27-32(31-10-6-4-7-11-31)24-36(47)42(55)51-44(64)35-25-34(58(66)67)17-18-37(35)68-46-52-53-54-57(46)22-23-59/h13-20,24-25,27-29,31,41,59H,4-12,21-23,26H2,1-3H3,(H3,48,49,50,60,63,65)/p+1/t29-,41-/m0/s1. The highest BCUT2D eigenvalue weighted by Gasteiger charge is 2.30. The number of tetrazole rings is 1. The lowest BCUT2D eigenvalue weighted by molar-refractivity contribution is -0.675. The van der Waals surface area contributed by atoms with Crippen LogP contribution in [-0.4, -0.2) is 95.8 Å². The lowest BCUT2D eigenvalue weighted by Gasteiger charge is -2.24. The third-order valence-electron chi connectivity index (χ3n) is 11.6. The minimum atomic E-state index is -0.987. The molecule has 2 aromatic carbocycles. The molecule has 2 aliphatic rings. The molecule has 0 spiro atoms. The molecule has 68 heavy (non-hydrogen) atoms. The van der Waals surface area contributed by atoms with E-state index in [9.17, 15) is 44.0 Å². The lowest BCUT2D eigenvalue weighted by atomic mass is 9.85. The van der Waals surface area contributed by atoms with Gasteiger partial charge in [0.25, 0.3) is 17.5 Å². The molecular weight excluding hydrogens is 902 g/mol. The Morgan fingerprint density at radius 3 is 2.32 bits per heavy atom. The number of nitro groups is 1. The molecule has 4 aromatic rings. The van der Waals surface area contributed by atoms with E-state index in [4.69, 9.17) is 0 Å². The molecule has 22 heteroatoms. The van der Waals surface area contributed by atoms with Crippen molar-refractivity contribution in [2.45, 2.75) is 120 Å². The number of aromatic nitrogens is 5. The van der Waals surface area contributed by atoms with Crippen molar-refractivity contribution in [2.24, 2.45) is 5.92 Å². The fraction of sp³-hybridized carbons (Fsp3) is 0.435. The van der Waals surface area contributed by atoms with Crippen LogP contribution in [-0.2, 0) is 37.1 Å². The number of hydrogen-bond acceptors (Lipinski definition) is 13. The van der Waals surface area contributed by atoms with E-state index in [-0.39, 0.29) is 89.3 Å². The Morgan fingerprint density at radius 1 is 0.926 bits per heavy atom. The van der Waals surface area contributed by atoms with E-state index in [2.05, 4.69) is 36.8 Å². The second-order valence-electron chi connectivity index (χ2n) is 17.0. The van der Waals surface area contributed by atoms with Gasteiger partial charge in [0.05, 0.1) is 29.8 Å². The maximum absolute atomic E-state index is 16.3. The summed E-state index contributed by atoms with van der Waals surface area (Å²) in [5.41, 5.74) is 1.36. The first-order valence-electron chi connectivity index (χ1n) is 22.5. The van der Waals surface area contributed by atoms with Gasteiger partial charge in [0, 0.05) is 47.8 Å². The Balaban J connectivity index is 1.10. The highest BCUT2D eigenvalue weighted by molar-refractivity contribution is 7.99. The predicted octanol–water partition coefficient (Wildman–Crippen LogP) is 4.57. The van der Waals surface area contributed by atoms with Crippen molar-refractivity contribution in [1.29, 1.82) is 0 Å². The number of non-ortho nitro benzene ring substituents is 1. The van der Waals surface area contributed by atoms with E-state index in [1.54, 1.807) is 48.9 Å². The molecule has 0 unspecified atom stereocenters. The Hall–Kier alpha value is -6.94. The fourth-order valence-electron chi connectivity index (χ4n) is 7.90. The Labute approximate surface area is 395 Å². The maximum Gasteiger partial charge on any atom is 0.340 e. The highest BCUT2D eigenvalue weighted by Crippen LogP contribution is 2.34. The van der Waals surface area contributed by atoms with E-state index in [0.717, 1.165) is 60.4 Å². The predicted molar refractivity (Wildman–Crippen MR) is 245 cm³/mol. The van der Waals surface area contributed by atoms with E-state index in [0.29, 0.717) is 30.5 Å². The molecule has 1 aliphatic heterocycles. The first-order valence-corrected chi connectivity index (χ1v) is 23.3. The van der Waals surface area contributed by atoms with Gasteiger partial charge in [-0.1, -0.05) is 51.7 Å². The van der Waals surface area contributed by atoms with Crippen molar-refractivity contribution in [3.05, 3.63) is 99.5 Å². The highest BCUT2D eigenvalue weighted by atomic mass is 32.2. The van der Waals surface area contributed by atoms with Gasteiger partial charge >= 0.3 is 11.7 Å². The quantitative estimate of drug-likeness (QED) is 0.0238. The summed E-state index contributed by atoms with van der Waals surface area (Å²) in [6.07, 6.45) is 10.9. The number of nitrogens with zero attached hydrogens (tertiary/aromatic N) is 7. The van der Waals surface area contributed by atoms with Crippen molar-refractivity contribution in [3.8, 4) is 0 Å². The van der Waals surface area contributed by atoms with Crippen molar-refractivity contribution >= 4 is 64.4 Å². The summed E-state index contributed by atoms with van der Waals surface area (Å²) in [7, 11) is 0. The van der Waals surface area contributed by atoms with Crippen LogP contribution in [0.4, 0.5) is 21.6 Å². The van der Waals surface area contributed by atoms with Gasteiger partial charge < -0.3 is 21.1 Å².